The Morgan fingerprint density at radius 3 is 1.93 bits per heavy atom. The number of aryl methyl sites for hydroxylation is 2. The molecule has 14 heavy (non-hydrogen) atoms. The zero-order valence-electron chi connectivity index (χ0n) is 9.85. The predicted octanol–water partition coefficient (Wildman–Crippen LogP) is 3.62. The van der Waals surface area contributed by atoms with Gasteiger partial charge in [0, 0.05) is 0 Å². The van der Waals surface area contributed by atoms with Crippen LogP contribution >= 0.6 is 0 Å². The third-order valence-corrected chi connectivity index (χ3v) is 1.95. The fourth-order valence-electron chi connectivity index (χ4n) is 1.45. The molecule has 1 nitrogen and oxygen atoms in total. The van der Waals surface area contributed by atoms with Crippen molar-refractivity contribution in [1.82, 2.24) is 0 Å². The van der Waals surface area contributed by atoms with E-state index in [2.05, 4.69) is 52.8 Å². The number of hydrogen-bond acceptors (Lipinski definition) is 1. The van der Waals surface area contributed by atoms with Crippen LogP contribution in [0.3, 0.4) is 0 Å². The lowest BCUT2D eigenvalue weighted by atomic mass is 10.1. The molecular weight excluding hydrogens is 172 g/mol. The maximum Gasteiger partial charge on any atom is 0.0724 e. The van der Waals surface area contributed by atoms with Crippen molar-refractivity contribution in [2.75, 3.05) is 0 Å². The van der Waals surface area contributed by atoms with Crippen molar-refractivity contribution in [2.45, 2.75) is 46.8 Å². The van der Waals surface area contributed by atoms with Crippen LogP contribution in [0, 0.1) is 13.8 Å². The highest BCUT2D eigenvalue weighted by Gasteiger charge is 2.09. The normalized spacial score (nSPS) is 11.8. The first-order valence-corrected chi connectivity index (χ1v) is 5.08. The Kier molecular flexibility index (Phi) is 3.33. The molecule has 0 unspecified atom stereocenters. The molecule has 1 heteroatoms. The Balaban J connectivity index is 2.68. The molecule has 0 spiro atoms. The molecule has 0 aliphatic carbocycles. The van der Waals surface area contributed by atoms with Crippen LogP contribution in [0.5, 0.6) is 0 Å². The fraction of sp³-hybridized carbons (Fsp3) is 0.538. The van der Waals surface area contributed by atoms with Crippen molar-refractivity contribution in [3.8, 4) is 0 Å². The Morgan fingerprint density at radius 2 is 1.50 bits per heavy atom. The molecule has 0 radical (unpaired) electrons. The zero-order chi connectivity index (χ0) is 10.8. The van der Waals surface area contributed by atoms with Gasteiger partial charge in [-0.25, -0.2) is 0 Å². The van der Waals surface area contributed by atoms with Gasteiger partial charge in [0.05, 0.1) is 12.2 Å². The second-order valence-corrected chi connectivity index (χ2v) is 4.90. The highest BCUT2D eigenvalue weighted by atomic mass is 16.5. The van der Waals surface area contributed by atoms with Crippen molar-refractivity contribution in [3.63, 3.8) is 0 Å². The van der Waals surface area contributed by atoms with Gasteiger partial charge >= 0.3 is 0 Å². The highest BCUT2D eigenvalue weighted by molar-refractivity contribution is 5.28. The SMILES string of the molecule is Cc1cc(C)cc(COC(C)(C)C)c1. The van der Waals surface area contributed by atoms with Crippen molar-refractivity contribution in [1.29, 1.82) is 0 Å². The summed E-state index contributed by atoms with van der Waals surface area (Å²) in [6.07, 6.45) is 0. The maximum atomic E-state index is 5.73. The summed E-state index contributed by atoms with van der Waals surface area (Å²) in [4.78, 5) is 0. The number of rotatable bonds is 2. The van der Waals surface area contributed by atoms with Gasteiger partial charge in [-0.05, 0) is 40.2 Å². The van der Waals surface area contributed by atoms with Gasteiger partial charge in [-0.2, -0.15) is 0 Å². The molecule has 0 heterocycles. The van der Waals surface area contributed by atoms with Crippen LogP contribution in [0.2, 0.25) is 0 Å². The third-order valence-electron chi connectivity index (χ3n) is 1.95. The summed E-state index contributed by atoms with van der Waals surface area (Å²) < 4.78 is 5.73. The first-order chi connectivity index (χ1) is 6.37. The summed E-state index contributed by atoms with van der Waals surface area (Å²) in [7, 11) is 0. The molecule has 0 fully saturated rings. The molecule has 0 atom stereocenters. The predicted molar refractivity (Wildman–Crippen MR) is 60.5 cm³/mol. The smallest absolute Gasteiger partial charge is 0.0724 e. The quantitative estimate of drug-likeness (QED) is 0.695. The van der Waals surface area contributed by atoms with E-state index in [1.807, 2.05) is 0 Å². The topological polar surface area (TPSA) is 9.23 Å². The Hall–Kier alpha value is -0.820. The van der Waals surface area contributed by atoms with Crippen molar-refractivity contribution < 1.29 is 4.74 Å². The molecule has 0 saturated heterocycles. The molecule has 0 N–H and O–H groups in total. The molecule has 0 saturated carbocycles. The molecule has 1 rings (SSSR count). The molecule has 78 valence electrons. The lowest BCUT2D eigenvalue weighted by Gasteiger charge is -2.19. The monoisotopic (exact) mass is 192 g/mol. The van der Waals surface area contributed by atoms with E-state index in [-0.39, 0.29) is 5.60 Å². The van der Waals surface area contributed by atoms with Gasteiger partial charge in [-0.15, -0.1) is 0 Å². The minimum atomic E-state index is -0.0579. The Bertz CT molecular complexity index is 287. The number of hydrogen-bond donors (Lipinski definition) is 0. The molecule has 1 aromatic carbocycles. The summed E-state index contributed by atoms with van der Waals surface area (Å²) >= 11 is 0. The minimum absolute atomic E-state index is 0.0579. The van der Waals surface area contributed by atoms with E-state index in [4.69, 9.17) is 4.74 Å². The van der Waals surface area contributed by atoms with Crippen LogP contribution in [-0.2, 0) is 11.3 Å². The second-order valence-electron chi connectivity index (χ2n) is 4.90. The maximum absolute atomic E-state index is 5.73. The summed E-state index contributed by atoms with van der Waals surface area (Å²) in [6, 6.07) is 6.54. The van der Waals surface area contributed by atoms with Gasteiger partial charge in [0.25, 0.3) is 0 Å². The van der Waals surface area contributed by atoms with Crippen LogP contribution in [0.25, 0.3) is 0 Å². The van der Waals surface area contributed by atoms with Crippen LogP contribution < -0.4 is 0 Å². The summed E-state index contributed by atoms with van der Waals surface area (Å²) in [5.74, 6) is 0. The number of ether oxygens (including phenoxy) is 1. The van der Waals surface area contributed by atoms with E-state index in [0.29, 0.717) is 6.61 Å². The van der Waals surface area contributed by atoms with E-state index >= 15 is 0 Å². The van der Waals surface area contributed by atoms with Crippen LogP contribution in [0.4, 0.5) is 0 Å². The van der Waals surface area contributed by atoms with Gasteiger partial charge in [-0.1, -0.05) is 29.3 Å². The number of benzene rings is 1. The fourth-order valence-corrected chi connectivity index (χ4v) is 1.45. The van der Waals surface area contributed by atoms with Crippen molar-refractivity contribution >= 4 is 0 Å². The lowest BCUT2D eigenvalue weighted by molar-refractivity contribution is -0.0149. The minimum Gasteiger partial charge on any atom is -0.371 e. The van der Waals surface area contributed by atoms with Crippen molar-refractivity contribution in [2.24, 2.45) is 0 Å². The Morgan fingerprint density at radius 1 is 1.00 bits per heavy atom. The van der Waals surface area contributed by atoms with Crippen molar-refractivity contribution in [3.05, 3.63) is 34.9 Å². The third kappa shape index (κ3) is 3.93. The van der Waals surface area contributed by atoms with Gasteiger partial charge < -0.3 is 4.74 Å². The summed E-state index contributed by atoms with van der Waals surface area (Å²) in [5.41, 5.74) is 3.81. The average Bonchev–Trinajstić information content (AvgIpc) is 1.97. The van der Waals surface area contributed by atoms with E-state index in [1.165, 1.54) is 16.7 Å². The first kappa shape index (κ1) is 11.3. The summed E-state index contributed by atoms with van der Waals surface area (Å²) in [5, 5.41) is 0. The lowest BCUT2D eigenvalue weighted by Crippen LogP contribution is -2.18. The van der Waals surface area contributed by atoms with Gasteiger partial charge in [0.15, 0.2) is 0 Å². The standard InChI is InChI=1S/C13H20O/c1-10-6-11(2)8-12(7-10)9-14-13(3,4)5/h6-8H,9H2,1-5H3. The van der Waals surface area contributed by atoms with Gasteiger partial charge in [-0.3, -0.25) is 0 Å². The average molecular weight is 192 g/mol. The summed E-state index contributed by atoms with van der Waals surface area (Å²) in [6.45, 7) is 11.2. The van der Waals surface area contributed by atoms with E-state index in [0.717, 1.165) is 0 Å². The zero-order valence-corrected chi connectivity index (χ0v) is 9.85. The van der Waals surface area contributed by atoms with Crippen LogP contribution in [-0.4, -0.2) is 5.60 Å². The molecule has 1 aromatic rings. The molecule has 0 aliphatic rings. The first-order valence-electron chi connectivity index (χ1n) is 5.08. The van der Waals surface area contributed by atoms with Crippen LogP contribution in [0.1, 0.15) is 37.5 Å². The second kappa shape index (κ2) is 4.14. The van der Waals surface area contributed by atoms with Gasteiger partial charge in [0.1, 0.15) is 0 Å². The van der Waals surface area contributed by atoms with Gasteiger partial charge in [0.2, 0.25) is 0 Å². The molecule has 0 amide bonds. The van der Waals surface area contributed by atoms with Crippen LogP contribution in [0.15, 0.2) is 18.2 Å². The highest BCUT2D eigenvalue weighted by Crippen LogP contribution is 2.14. The van der Waals surface area contributed by atoms with E-state index in [1.54, 1.807) is 0 Å². The molecule has 0 aliphatic heterocycles. The Labute approximate surface area is 87.1 Å². The largest absolute Gasteiger partial charge is 0.371 e. The molecular formula is C13H20O. The molecule has 0 aromatic heterocycles. The van der Waals surface area contributed by atoms with E-state index < -0.39 is 0 Å². The van der Waals surface area contributed by atoms with E-state index in [9.17, 15) is 0 Å². The molecule has 0 bridgehead atoms.